The highest BCUT2D eigenvalue weighted by Crippen LogP contribution is 2.26. The fourth-order valence-electron chi connectivity index (χ4n) is 2.35. The number of aryl methyl sites for hydroxylation is 1. The molecule has 2 aromatic rings. The Kier molecular flexibility index (Phi) is 3.57. The fraction of sp³-hybridized carbons (Fsp3) is 0.357. The van der Waals surface area contributed by atoms with E-state index in [0.29, 0.717) is 22.9 Å². The molecule has 0 spiro atoms. The van der Waals surface area contributed by atoms with Gasteiger partial charge in [0.15, 0.2) is 5.82 Å². The molecule has 0 saturated heterocycles. The Hall–Kier alpha value is -2.06. The molecule has 6 heteroatoms. The molecule has 0 unspecified atom stereocenters. The van der Waals surface area contributed by atoms with Crippen molar-refractivity contribution in [1.29, 1.82) is 5.26 Å². The predicted molar refractivity (Wildman–Crippen MR) is 73.5 cm³/mol. The third kappa shape index (κ3) is 2.35. The van der Waals surface area contributed by atoms with Gasteiger partial charge in [0.05, 0.1) is 5.02 Å². The van der Waals surface area contributed by atoms with Crippen molar-refractivity contribution in [2.45, 2.75) is 32.4 Å². The molecular weight excluding hydrogens is 276 g/mol. The number of hydrogen-bond donors (Lipinski definition) is 0. The number of ether oxygens (including phenoxy) is 1. The molecule has 1 aliphatic heterocycles. The zero-order chi connectivity index (χ0) is 13.9. The summed E-state index contributed by atoms with van der Waals surface area (Å²) in [5.74, 6) is 2.29. The Bertz CT molecular complexity index is 674. The molecule has 3 rings (SSSR count). The van der Waals surface area contributed by atoms with Crippen molar-refractivity contribution in [3.63, 3.8) is 0 Å². The van der Waals surface area contributed by atoms with Crippen LogP contribution >= 0.6 is 11.6 Å². The molecule has 1 aromatic heterocycles. The smallest absolute Gasteiger partial charge is 0.171 e. The van der Waals surface area contributed by atoms with Crippen LogP contribution < -0.4 is 4.74 Å². The van der Waals surface area contributed by atoms with Crippen LogP contribution in [0.4, 0.5) is 0 Å². The van der Waals surface area contributed by atoms with Gasteiger partial charge in [0, 0.05) is 13.0 Å². The number of nitrogens with zero attached hydrogens (tertiary/aromatic N) is 4. The Balaban J connectivity index is 1.79. The summed E-state index contributed by atoms with van der Waals surface area (Å²) in [6.45, 7) is 1.23. The van der Waals surface area contributed by atoms with Crippen LogP contribution in [0.25, 0.3) is 0 Å². The maximum atomic E-state index is 9.10. The van der Waals surface area contributed by atoms with Gasteiger partial charge in [0.25, 0.3) is 0 Å². The molecule has 102 valence electrons. The zero-order valence-corrected chi connectivity index (χ0v) is 11.6. The molecule has 0 bridgehead atoms. The normalized spacial score (nSPS) is 13.6. The standard InChI is InChI=1S/C14H13ClN4O/c15-11-4-3-5-12(10(11)8-16)20-9-14-18-17-13-6-1-2-7-19(13)14/h3-5H,1-2,6-7,9H2. The molecule has 0 atom stereocenters. The SMILES string of the molecule is N#Cc1c(Cl)cccc1OCc1nnc2n1CCCC2. The van der Waals surface area contributed by atoms with E-state index in [1.807, 2.05) is 0 Å². The first-order valence-corrected chi connectivity index (χ1v) is 6.90. The molecule has 2 heterocycles. The van der Waals surface area contributed by atoms with Gasteiger partial charge in [-0.3, -0.25) is 0 Å². The second-order valence-electron chi connectivity index (χ2n) is 4.65. The van der Waals surface area contributed by atoms with Gasteiger partial charge in [-0.1, -0.05) is 17.7 Å². The molecular formula is C14H13ClN4O. The lowest BCUT2D eigenvalue weighted by molar-refractivity contribution is 0.285. The Morgan fingerprint density at radius 1 is 1.35 bits per heavy atom. The van der Waals surface area contributed by atoms with E-state index in [-0.39, 0.29) is 0 Å². The third-order valence-electron chi connectivity index (χ3n) is 3.38. The first-order valence-electron chi connectivity index (χ1n) is 6.52. The van der Waals surface area contributed by atoms with Crippen molar-refractivity contribution in [2.75, 3.05) is 0 Å². The van der Waals surface area contributed by atoms with Gasteiger partial charge in [0.1, 0.15) is 29.8 Å². The number of aromatic nitrogens is 3. The first kappa shape index (κ1) is 12.9. The molecule has 0 saturated carbocycles. The van der Waals surface area contributed by atoms with Crippen LogP contribution in [0.1, 0.15) is 30.1 Å². The van der Waals surface area contributed by atoms with Gasteiger partial charge in [-0.05, 0) is 25.0 Å². The van der Waals surface area contributed by atoms with E-state index in [2.05, 4.69) is 20.8 Å². The maximum absolute atomic E-state index is 9.10. The minimum atomic E-state index is 0.294. The molecule has 20 heavy (non-hydrogen) atoms. The van der Waals surface area contributed by atoms with Crippen molar-refractivity contribution in [3.8, 4) is 11.8 Å². The molecule has 5 nitrogen and oxygen atoms in total. The van der Waals surface area contributed by atoms with Gasteiger partial charge < -0.3 is 9.30 Å². The molecule has 0 amide bonds. The van der Waals surface area contributed by atoms with Crippen molar-refractivity contribution < 1.29 is 4.74 Å². The quantitative estimate of drug-likeness (QED) is 0.871. The zero-order valence-electron chi connectivity index (χ0n) is 10.8. The number of nitriles is 1. The molecule has 0 N–H and O–H groups in total. The van der Waals surface area contributed by atoms with Crippen LogP contribution in [-0.2, 0) is 19.6 Å². The molecule has 1 aromatic carbocycles. The summed E-state index contributed by atoms with van der Waals surface area (Å²) < 4.78 is 7.79. The summed E-state index contributed by atoms with van der Waals surface area (Å²) in [4.78, 5) is 0. The lowest BCUT2D eigenvalue weighted by Crippen LogP contribution is -2.14. The van der Waals surface area contributed by atoms with Crippen LogP contribution in [0.5, 0.6) is 5.75 Å². The highest BCUT2D eigenvalue weighted by atomic mass is 35.5. The van der Waals surface area contributed by atoms with Crippen LogP contribution in [0, 0.1) is 11.3 Å². The summed E-state index contributed by atoms with van der Waals surface area (Å²) in [5, 5.41) is 17.8. The Morgan fingerprint density at radius 2 is 2.25 bits per heavy atom. The lowest BCUT2D eigenvalue weighted by atomic mass is 10.2. The average molecular weight is 289 g/mol. The highest BCUT2D eigenvalue weighted by molar-refractivity contribution is 6.31. The van der Waals surface area contributed by atoms with Crippen LogP contribution in [0.15, 0.2) is 18.2 Å². The predicted octanol–water partition coefficient (Wildman–Crippen LogP) is 2.72. The summed E-state index contributed by atoms with van der Waals surface area (Å²) in [6.07, 6.45) is 3.26. The van der Waals surface area contributed by atoms with Gasteiger partial charge in [-0.25, -0.2) is 0 Å². The number of fused-ring (bicyclic) bond motifs is 1. The molecule has 1 aliphatic rings. The second-order valence-corrected chi connectivity index (χ2v) is 5.06. The van der Waals surface area contributed by atoms with Crippen LogP contribution in [0.3, 0.4) is 0 Å². The molecule has 0 fully saturated rings. The third-order valence-corrected chi connectivity index (χ3v) is 3.70. The van der Waals surface area contributed by atoms with Crippen molar-refractivity contribution in [1.82, 2.24) is 14.8 Å². The van der Waals surface area contributed by atoms with E-state index in [0.717, 1.165) is 37.5 Å². The van der Waals surface area contributed by atoms with E-state index in [4.69, 9.17) is 21.6 Å². The van der Waals surface area contributed by atoms with Crippen molar-refractivity contribution in [3.05, 3.63) is 40.4 Å². The first-order chi connectivity index (χ1) is 9.79. The minimum absolute atomic E-state index is 0.294. The van der Waals surface area contributed by atoms with Gasteiger partial charge in [-0.2, -0.15) is 5.26 Å². The van der Waals surface area contributed by atoms with E-state index >= 15 is 0 Å². The minimum Gasteiger partial charge on any atom is -0.484 e. The largest absolute Gasteiger partial charge is 0.484 e. The Morgan fingerprint density at radius 3 is 3.10 bits per heavy atom. The van der Waals surface area contributed by atoms with Crippen molar-refractivity contribution in [2.24, 2.45) is 0 Å². The van der Waals surface area contributed by atoms with Crippen molar-refractivity contribution >= 4 is 11.6 Å². The lowest BCUT2D eigenvalue weighted by Gasteiger charge is -2.15. The average Bonchev–Trinajstić information content (AvgIpc) is 2.88. The fourth-order valence-corrected chi connectivity index (χ4v) is 2.56. The summed E-state index contributed by atoms with van der Waals surface area (Å²) >= 11 is 5.97. The summed E-state index contributed by atoms with van der Waals surface area (Å²) in [6, 6.07) is 7.22. The number of benzene rings is 1. The summed E-state index contributed by atoms with van der Waals surface area (Å²) in [5.41, 5.74) is 0.354. The van der Waals surface area contributed by atoms with Crippen LogP contribution in [0.2, 0.25) is 5.02 Å². The highest BCUT2D eigenvalue weighted by Gasteiger charge is 2.16. The van der Waals surface area contributed by atoms with Gasteiger partial charge >= 0.3 is 0 Å². The molecule has 0 radical (unpaired) electrons. The van der Waals surface area contributed by atoms with E-state index < -0.39 is 0 Å². The van der Waals surface area contributed by atoms with E-state index in [1.165, 1.54) is 0 Å². The van der Waals surface area contributed by atoms with E-state index in [1.54, 1.807) is 18.2 Å². The van der Waals surface area contributed by atoms with E-state index in [9.17, 15) is 0 Å². The number of hydrogen-bond acceptors (Lipinski definition) is 4. The topological polar surface area (TPSA) is 63.7 Å². The number of rotatable bonds is 3. The van der Waals surface area contributed by atoms with Gasteiger partial charge in [0.2, 0.25) is 0 Å². The summed E-state index contributed by atoms with van der Waals surface area (Å²) in [7, 11) is 0. The van der Waals surface area contributed by atoms with Gasteiger partial charge in [-0.15, -0.1) is 10.2 Å². The monoisotopic (exact) mass is 288 g/mol. The Labute approximate surface area is 121 Å². The molecule has 0 aliphatic carbocycles. The second kappa shape index (κ2) is 5.51. The maximum Gasteiger partial charge on any atom is 0.171 e. The van der Waals surface area contributed by atoms with Crippen LogP contribution in [-0.4, -0.2) is 14.8 Å². The number of halogens is 1.